The van der Waals surface area contributed by atoms with E-state index in [0.29, 0.717) is 5.75 Å². The molecule has 5 nitrogen and oxygen atoms in total. The molecule has 0 amide bonds. The van der Waals surface area contributed by atoms with Crippen molar-refractivity contribution < 1.29 is 9.66 Å². The molecule has 0 aliphatic carbocycles. The minimum absolute atomic E-state index is 0.00755. The zero-order valence-electron chi connectivity index (χ0n) is 12.1. The molecule has 0 aromatic heterocycles. The lowest BCUT2D eigenvalue weighted by atomic mass is 10.1. The predicted molar refractivity (Wildman–Crippen MR) is 81.6 cm³/mol. The summed E-state index contributed by atoms with van der Waals surface area (Å²) in [5.41, 5.74) is 7.66. The van der Waals surface area contributed by atoms with Gasteiger partial charge in [0.15, 0.2) is 0 Å². The highest BCUT2D eigenvalue weighted by Crippen LogP contribution is 2.34. The van der Waals surface area contributed by atoms with Crippen LogP contribution in [0.2, 0.25) is 0 Å². The van der Waals surface area contributed by atoms with Crippen molar-refractivity contribution in [3.63, 3.8) is 0 Å². The van der Waals surface area contributed by atoms with Crippen LogP contribution < -0.4 is 10.5 Å². The number of nitro groups is 1. The molecule has 0 saturated heterocycles. The second kappa shape index (κ2) is 6.37. The Balaban J connectivity index is 2.28. The number of nitro benzene ring substituents is 1. The molecule has 2 N–H and O–H groups in total. The van der Waals surface area contributed by atoms with Gasteiger partial charge < -0.3 is 10.5 Å². The van der Waals surface area contributed by atoms with Gasteiger partial charge in [-0.05, 0) is 36.6 Å². The summed E-state index contributed by atoms with van der Waals surface area (Å²) in [4.78, 5) is 10.6. The molecule has 0 radical (unpaired) electrons. The lowest BCUT2D eigenvalue weighted by molar-refractivity contribution is -0.385. The summed E-state index contributed by atoms with van der Waals surface area (Å²) >= 11 is 0. The summed E-state index contributed by atoms with van der Waals surface area (Å²) in [5, 5.41) is 11.1. The smallest absolute Gasteiger partial charge is 0.311 e. The molecular formula is C16H18N2O3. The van der Waals surface area contributed by atoms with Crippen LogP contribution in [-0.4, -0.2) is 4.92 Å². The standard InChI is InChI=1S/C16H18N2O3/c1-3-14(17)12-7-9-13(10-8-12)21-16-11(2)5-4-6-15(16)18(19)20/h4-10,14H,3,17H2,1-2H3/t14-/m1/s1. The van der Waals surface area contributed by atoms with Crippen molar-refractivity contribution >= 4 is 5.69 Å². The summed E-state index contributed by atoms with van der Waals surface area (Å²) in [6.45, 7) is 3.80. The zero-order valence-corrected chi connectivity index (χ0v) is 12.1. The lowest BCUT2D eigenvalue weighted by Gasteiger charge is -2.12. The number of nitrogens with two attached hydrogens (primary N) is 1. The number of rotatable bonds is 5. The van der Waals surface area contributed by atoms with Crippen molar-refractivity contribution in [1.82, 2.24) is 0 Å². The second-order valence-corrected chi connectivity index (χ2v) is 4.87. The third-order valence-electron chi connectivity index (χ3n) is 3.36. The van der Waals surface area contributed by atoms with Crippen LogP contribution >= 0.6 is 0 Å². The number of ether oxygens (including phenoxy) is 1. The first-order valence-corrected chi connectivity index (χ1v) is 6.80. The van der Waals surface area contributed by atoms with E-state index in [2.05, 4.69) is 0 Å². The first kappa shape index (κ1) is 15.0. The maximum absolute atomic E-state index is 11.1. The molecule has 21 heavy (non-hydrogen) atoms. The Morgan fingerprint density at radius 1 is 1.24 bits per heavy atom. The van der Waals surface area contributed by atoms with Crippen molar-refractivity contribution in [2.45, 2.75) is 26.3 Å². The molecule has 2 aromatic rings. The topological polar surface area (TPSA) is 78.4 Å². The summed E-state index contributed by atoms with van der Waals surface area (Å²) in [6.07, 6.45) is 0.851. The van der Waals surface area contributed by atoms with Crippen molar-refractivity contribution in [1.29, 1.82) is 0 Å². The maximum Gasteiger partial charge on any atom is 0.311 e. The van der Waals surface area contributed by atoms with Crippen LogP contribution in [0.4, 0.5) is 5.69 Å². The van der Waals surface area contributed by atoms with E-state index < -0.39 is 4.92 Å². The molecule has 0 spiro atoms. The Morgan fingerprint density at radius 2 is 1.90 bits per heavy atom. The van der Waals surface area contributed by atoms with Crippen LogP contribution in [0.1, 0.15) is 30.5 Å². The molecule has 0 bridgehead atoms. The van der Waals surface area contributed by atoms with Crippen molar-refractivity contribution in [2.75, 3.05) is 0 Å². The second-order valence-electron chi connectivity index (χ2n) is 4.87. The van der Waals surface area contributed by atoms with E-state index in [1.165, 1.54) is 6.07 Å². The minimum Gasteiger partial charge on any atom is -0.450 e. The van der Waals surface area contributed by atoms with Crippen molar-refractivity contribution in [2.24, 2.45) is 5.73 Å². The van der Waals surface area contributed by atoms with Crippen LogP contribution in [0.15, 0.2) is 42.5 Å². The van der Waals surface area contributed by atoms with E-state index in [1.54, 1.807) is 31.2 Å². The predicted octanol–water partition coefficient (Wildman–Crippen LogP) is 4.11. The molecule has 1 atom stereocenters. The van der Waals surface area contributed by atoms with Crippen LogP contribution in [0, 0.1) is 17.0 Å². The van der Waals surface area contributed by atoms with Crippen LogP contribution in [0.5, 0.6) is 11.5 Å². The maximum atomic E-state index is 11.1. The molecule has 2 aromatic carbocycles. The normalized spacial score (nSPS) is 12.0. The van der Waals surface area contributed by atoms with Gasteiger partial charge in [-0.15, -0.1) is 0 Å². The van der Waals surface area contributed by atoms with Crippen LogP contribution in [0.3, 0.4) is 0 Å². The number of aryl methyl sites for hydroxylation is 1. The summed E-state index contributed by atoms with van der Waals surface area (Å²) in [5.74, 6) is 0.828. The first-order valence-electron chi connectivity index (χ1n) is 6.80. The molecule has 0 fully saturated rings. The number of hydrogen-bond donors (Lipinski definition) is 1. The average molecular weight is 286 g/mol. The van der Waals surface area contributed by atoms with E-state index in [-0.39, 0.29) is 17.5 Å². The SMILES string of the molecule is CC[C@@H](N)c1ccc(Oc2c(C)cccc2[N+](=O)[O-])cc1. The van der Waals surface area contributed by atoms with E-state index in [4.69, 9.17) is 10.5 Å². The van der Waals surface area contributed by atoms with Gasteiger partial charge in [0, 0.05) is 12.1 Å². The first-order chi connectivity index (χ1) is 10.0. The Bertz CT molecular complexity index is 638. The van der Waals surface area contributed by atoms with Gasteiger partial charge in [0.05, 0.1) is 4.92 Å². The number of nitrogens with zero attached hydrogens (tertiary/aromatic N) is 1. The van der Waals surface area contributed by atoms with Gasteiger partial charge in [0.1, 0.15) is 5.75 Å². The fourth-order valence-corrected chi connectivity index (χ4v) is 2.05. The molecule has 110 valence electrons. The van der Waals surface area contributed by atoms with Crippen LogP contribution in [-0.2, 0) is 0 Å². The summed E-state index contributed by atoms with van der Waals surface area (Å²) in [7, 11) is 0. The molecule has 0 saturated carbocycles. The van der Waals surface area contributed by atoms with Gasteiger partial charge in [-0.1, -0.05) is 31.2 Å². The van der Waals surface area contributed by atoms with E-state index in [9.17, 15) is 10.1 Å². The molecule has 2 rings (SSSR count). The molecule has 0 heterocycles. The van der Waals surface area contributed by atoms with Gasteiger partial charge in [-0.3, -0.25) is 10.1 Å². The minimum atomic E-state index is -0.441. The Hall–Kier alpha value is -2.40. The number of benzene rings is 2. The highest BCUT2D eigenvalue weighted by Gasteiger charge is 2.17. The van der Waals surface area contributed by atoms with Gasteiger partial charge in [-0.2, -0.15) is 0 Å². The molecule has 5 heteroatoms. The fraction of sp³-hybridized carbons (Fsp3) is 0.250. The highest BCUT2D eigenvalue weighted by molar-refractivity contribution is 5.53. The van der Waals surface area contributed by atoms with Gasteiger partial charge in [0.25, 0.3) is 0 Å². The Kier molecular flexibility index (Phi) is 4.55. The fourth-order valence-electron chi connectivity index (χ4n) is 2.05. The highest BCUT2D eigenvalue weighted by atomic mass is 16.6. The summed E-state index contributed by atoms with van der Waals surface area (Å²) in [6, 6.07) is 12.2. The van der Waals surface area contributed by atoms with Gasteiger partial charge >= 0.3 is 5.69 Å². The Labute approximate surface area is 123 Å². The van der Waals surface area contributed by atoms with Crippen LogP contribution in [0.25, 0.3) is 0 Å². The van der Waals surface area contributed by atoms with Gasteiger partial charge in [-0.25, -0.2) is 0 Å². The largest absolute Gasteiger partial charge is 0.450 e. The lowest BCUT2D eigenvalue weighted by Crippen LogP contribution is -2.08. The van der Waals surface area contributed by atoms with Gasteiger partial charge in [0.2, 0.25) is 5.75 Å². The molecule has 0 unspecified atom stereocenters. The number of para-hydroxylation sites is 1. The monoisotopic (exact) mass is 286 g/mol. The average Bonchev–Trinajstić information content (AvgIpc) is 2.49. The molecule has 0 aliphatic heterocycles. The van der Waals surface area contributed by atoms with Crippen molar-refractivity contribution in [3.05, 3.63) is 63.7 Å². The summed E-state index contributed by atoms with van der Waals surface area (Å²) < 4.78 is 5.69. The third-order valence-corrected chi connectivity index (χ3v) is 3.36. The van der Waals surface area contributed by atoms with E-state index >= 15 is 0 Å². The third kappa shape index (κ3) is 3.38. The Morgan fingerprint density at radius 3 is 2.48 bits per heavy atom. The molecule has 0 aliphatic rings. The zero-order chi connectivity index (χ0) is 15.4. The quantitative estimate of drug-likeness (QED) is 0.662. The molecular weight excluding hydrogens is 268 g/mol. The van der Waals surface area contributed by atoms with Crippen molar-refractivity contribution in [3.8, 4) is 11.5 Å². The van der Waals surface area contributed by atoms with E-state index in [0.717, 1.165) is 17.5 Å². The number of hydrogen-bond acceptors (Lipinski definition) is 4. The van der Waals surface area contributed by atoms with E-state index in [1.807, 2.05) is 19.1 Å².